The van der Waals surface area contributed by atoms with Gasteiger partial charge in [-0.15, -0.1) is 33.1 Å². The predicted molar refractivity (Wildman–Crippen MR) is 147 cm³/mol. The van der Waals surface area contributed by atoms with Crippen molar-refractivity contribution in [3.8, 4) is 0 Å². The lowest BCUT2D eigenvalue weighted by Crippen LogP contribution is -2.42. The standard InChI is InChI=1S/C24H21ClN8O4S2/c25-12-19(34)27-23-26-17(13-38-23)11-18-28-31-24(33(18)32-22(37)16-9-5-2-6-10-16)39-14-20(35)29-30-21(36)15-7-3-1-4-8-15/h1-10,13H,11-12,14H2,(H,29,35)(H,30,36)(H,32,37)(H,26,27,34). The molecule has 2 aromatic heterocycles. The second kappa shape index (κ2) is 13.5. The molecule has 12 nitrogen and oxygen atoms in total. The van der Waals surface area contributed by atoms with Gasteiger partial charge in [-0.1, -0.05) is 48.2 Å². The SMILES string of the molecule is O=C(CSc1nnc(Cc2csc(NC(=O)CCl)n2)n1NC(=O)c1ccccc1)NNC(=O)c1ccccc1. The maximum atomic E-state index is 12.9. The molecule has 39 heavy (non-hydrogen) atoms. The van der Waals surface area contributed by atoms with E-state index in [0.717, 1.165) is 11.8 Å². The van der Waals surface area contributed by atoms with Gasteiger partial charge in [-0.05, 0) is 24.3 Å². The zero-order valence-electron chi connectivity index (χ0n) is 20.1. The lowest BCUT2D eigenvalue weighted by Gasteiger charge is -2.11. The summed E-state index contributed by atoms with van der Waals surface area (Å²) in [7, 11) is 0. The first-order valence-electron chi connectivity index (χ1n) is 11.3. The number of nitrogens with one attached hydrogen (secondary N) is 4. The van der Waals surface area contributed by atoms with Crippen LogP contribution in [0.5, 0.6) is 0 Å². The van der Waals surface area contributed by atoms with Gasteiger partial charge in [-0.25, -0.2) is 9.66 Å². The maximum Gasteiger partial charge on any atom is 0.270 e. The Hall–Kier alpha value is -4.27. The number of rotatable bonds is 10. The molecule has 4 N–H and O–H groups in total. The van der Waals surface area contributed by atoms with E-state index in [-0.39, 0.29) is 29.1 Å². The quantitative estimate of drug-likeness (QED) is 0.126. The molecule has 2 heterocycles. The first-order chi connectivity index (χ1) is 18.9. The summed E-state index contributed by atoms with van der Waals surface area (Å²) in [5, 5.41) is 13.2. The van der Waals surface area contributed by atoms with Crippen molar-refractivity contribution in [2.24, 2.45) is 0 Å². The second-order valence-corrected chi connectivity index (χ2v) is 9.77. The first-order valence-corrected chi connectivity index (χ1v) is 13.7. The van der Waals surface area contributed by atoms with E-state index in [1.165, 1.54) is 16.0 Å². The topological polar surface area (TPSA) is 160 Å². The van der Waals surface area contributed by atoms with E-state index < -0.39 is 17.7 Å². The molecule has 2 aromatic carbocycles. The average Bonchev–Trinajstić information content (AvgIpc) is 3.57. The summed E-state index contributed by atoms with van der Waals surface area (Å²) in [6, 6.07) is 17.0. The number of carbonyl (C=O) groups excluding carboxylic acids is 4. The number of hydrogen-bond donors (Lipinski definition) is 4. The zero-order valence-corrected chi connectivity index (χ0v) is 22.5. The molecule has 0 aliphatic carbocycles. The lowest BCUT2D eigenvalue weighted by molar-refractivity contribution is -0.119. The number of thioether (sulfide) groups is 1. The number of amides is 4. The fraction of sp³-hybridized carbons (Fsp3) is 0.125. The average molecular weight is 585 g/mol. The summed E-state index contributed by atoms with van der Waals surface area (Å²) < 4.78 is 1.38. The Kier molecular flexibility index (Phi) is 9.61. The van der Waals surface area contributed by atoms with E-state index in [1.54, 1.807) is 66.0 Å². The Morgan fingerprint density at radius 2 is 1.54 bits per heavy atom. The van der Waals surface area contributed by atoms with E-state index in [0.29, 0.717) is 27.8 Å². The number of benzene rings is 2. The largest absolute Gasteiger partial charge is 0.301 e. The Morgan fingerprint density at radius 3 is 2.21 bits per heavy atom. The van der Waals surface area contributed by atoms with Crippen LogP contribution in [0.3, 0.4) is 0 Å². The summed E-state index contributed by atoms with van der Waals surface area (Å²) in [4.78, 5) is 53.3. The van der Waals surface area contributed by atoms with Gasteiger partial charge in [0.05, 0.1) is 17.9 Å². The molecular weight excluding hydrogens is 564 g/mol. The van der Waals surface area contributed by atoms with Gasteiger partial charge in [0.1, 0.15) is 5.88 Å². The highest BCUT2D eigenvalue weighted by atomic mass is 35.5. The molecule has 0 fully saturated rings. The molecule has 0 atom stereocenters. The molecule has 200 valence electrons. The number of thiazole rings is 1. The summed E-state index contributed by atoms with van der Waals surface area (Å²) in [5.41, 5.74) is 8.84. The number of anilines is 1. The highest BCUT2D eigenvalue weighted by Gasteiger charge is 2.19. The normalized spacial score (nSPS) is 10.5. The van der Waals surface area contributed by atoms with Crippen molar-refractivity contribution in [1.29, 1.82) is 0 Å². The molecule has 15 heteroatoms. The number of halogens is 1. The molecule has 4 rings (SSSR count). The van der Waals surface area contributed by atoms with Crippen LogP contribution in [0, 0.1) is 0 Å². The molecule has 0 bridgehead atoms. The van der Waals surface area contributed by atoms with Crippen LogP contribution in [0.4, 0.5) is 5.13 Å². The van der Waals surface area contributed by atoms with Crippen LogP contribution >= 0.6 is 34.7 Å². The second-order valence-electron chi connectivity index (χ2n) is 7.70. The van der Waals surface area contributed by atoms with Crippen LogP contribution in [-0.2, 0) is 16.0 Å². The van der Waals surface area contributed by atoms with Gasteiger partial charge in [0, 0.05) is 16.5 Å². The van der Waals surface area contributed by atoms with Gasteiger partial charge >= 0.3 is 0 Å². The number of aromatic nitrogens is 4. The van der Waals surface area contributed by atoms with Crippen molar-refractivity contribution in [2.75, 3.05) is 22.4 Å². The molecule has 4 aromatic rings. The minimum Gasteiger partial charge on any atom is -0.301 e. The molecule has 0 spiro atoms. The number of nitrogens with zero attached hydrogens (tertiary/aromatic N) is 4. The summed E-state index contributed by atoms with van der Waals surface area (Å²) in [5.74, 6) is -1.72. The Balaban J connectivity index is 1.45. The molecule has 0 saturated carbocycles. The number of hydrogen-bond acceptors (Lipinski definition) is 9. The van der Waals surface area contributed by atoms with Gasteiger partial charge in [0.15, 0.2) is 11.0 Å². The van der Waals surface area contributed by atoms with Gasteiger partial charge in [-0.2, -0.15) is 0 Å². The zero-order chi connectivity index (χ0) is 27.6. The van der Waals surface area contributed by atoms with Crippen molar-refractivity contribution >= 4 is 63.5 Å². The Bertz CT molecular complexity index is 1460. The first kappa shape index (κ1) is 27.8. The van der Waals surface area contributed by atoms with E-state index in [9.17, 15) is 19.2 Å². The van der Waals surface area contributed by atoms with Gasteiger partial charge < -0.3 is 5.32 Å². The van der Waals surface area contributed by atoms with Crippen LogP contribution in [0.25, 0.3) is 0 Å². The van der Waals surface area contributed by atoms with Crippen LogP contribution < -0.4 is 21.6 Å². The van der Waals surface area contributed by atoms with Crippen LogP contribution in [-0.4, -0.2) is 55.1 Å². The van der Waals surface area contributed by atoms with E-state index in [4.69, 9.17) is 11.6 Å². The van der Waals surface area contributed by atoms with E-state index in [2.05, 4.69) is 36.8 Å². The van der Waals surface area contributed by atoms with Crippen LogP contribution in [0.1, 0.15) is 32.2 Å². The number of alkyl halides is 1. The number of hydrazine groups is 1. The predicted octanol–water partition coefficient (Wildman–Crippen LogP) is 2.44. The van der Waals surface area contributed by atoms with Crippen molar-refractivity contribution in [2.45, 2.75) is 11.6 Å². The van der Waals surface area contributed by atoms with Crippen molar-refractivity contribution in [3.63, 3.8) is 0 Å². The fourth-order valence-corrected chi connectivity index (χ4v) is 4.60. The molecule has 4 amide bonds. The Labute approximate surface area is 235 Å². The maximum absolute atomic E-state index is 12.9. The van der Waals surface area contributed by atoms with Crippen LogP contribution in [0.15, 0.2) is 71.2 Å². The fourth-order valence-electron chi connectivity index (χ4n) is 3.09. The molecule has 0 aliphatic heterocycles. The summed E-state index contributed by atoms with van der Waals surface area (Å²) in [6.45, 7) is 0. The summed E-state index contributed by atoms with van der Waals surface area (Å²) >= 11 is 7.75. The molecule has 0 aliphatic rings. The minimum atomic E-state index is -0.492. The van der Waals surface area contributed by atoms with Crippen molar-refractivity contribution in [3.05, 3.63) is 88.7 Å². The van der Waals surface area contributed by atoms with Gasteiger partial charge in [0.2, 0.25) is 17.0 Å². The molecule has 0 saturated heterocycles. The van der Waals surface area contributed by atoms with Gasteiger partial charge in [0.25, 0.3) is 11.8 Å². The van der Waals surface area contributed by atoms with Crippen LogP contribution in [0.2, 0.25) is 0 Å². The summed E-state index contributed by atoms with van der Waals surface area (Å²) in [6.07, 6.45) is 0.176. The van der Waals surface area contributed by atoms with Crippen molar-refractivity contribution in [1.82, 2.24) is 30.7 Å². The molecular formula is C24H21ClN8O4S2. The van der Waals surface area contributed by atoms with Crippen molar-refractivity contribution < 1.29 is 19.2 Å². The third kappa shape index (κ3) is 7.86. The lowest BCUT2D eigenvalue weighted by atomic mass is 10.2. The van der Waals surface area contributed by atoms with E-state index in [1.807, 2.05) is 0 Å². The smallest absolute Gasteiger partial charge is 0.270 e. The monoisotopic (exact) mass is 584 g/mol. The third-order valence-corrected chi connectivity index (χ3v) is 6.87. The third-order valence-electron chi connectivity index (χ3n) is 4.89. The highest BCUT2D eigenvalue weighted by Crippen LogP contribution is 2.21. The minimum absolute atomic E-state index is 0.125. The number of carbonyl (C=O) groups is 4. The Morgan fingerprint density at radius 1 is 0.872 bits per heavy atom. The highest BCUT2D eigenvalue weighted by molar-refractivity contribution is 7.99. The van der Waals surface area contributed by atoms with E-state index >= 15 is 0 Å². The van der Waals surface area contributed by atoms with Gasteiger partial charge in [-0.3, -0.25) is 35.5 Å². The molecule has 0 radical (unpaired) electrons. The molecule has 0 unspecified atom stereocenters.